The molecule has 1 aliphatic heterocycles. The third-order valence-corrected chi connectivity index (χ3v) is 4.96. The second-order valence-corrected chi connectivity index (χ2v) is 6.66. The second kappa shape index (κ2) is 7.36. The van der Waals surface area contributed by atoms with Crippen LogP contribution in [0.25, 0.3) is 0 Å². The van der Waals surface area contributed by atoms with Crippen molar-refractivity contribution in [1.82, 2.24) is 24.7 Å². The van der Waals surface area contributed by atoms with Gasteiger partial charge in [0.15, 0.2) is 0 Å². The van der Waals surface area contributed by atoms with Gasteiger partial charge in [0.25, 0.3) is 0 Å². The van der Waals surface area contributed by atoms with Crippen molar-refractivity contribution in [3.8, 4) is 0 Å². The van der Waals surface area contributed by atoms with Crippen molar-refractivity contribution in [2.24, 2.45) is 0 Å². The molecule has 6 nitrogen and oxygen atoms in total. The van der Waals surface area contributed by atoms with Crippen LogP contribution in [0.15, 0.2) is 18.5 Å². The predicted octanol–water partition coefficient (Wildman–Crippen LogP) is 0.994. The maximum atomic E-state index is 12.5. The van der Waals surface area contributed by atoms with Gasteiger partial charge in [0.1, 0.15) is 5.82 Å². The van der Waals surface area contributed by atoms with Crippen LogP contribution in [-0.4, -0.2) is 75.9 Å². The average Bonchev–Trinajstić information content (AvgIpc) is 3.28. The number of aromatic nitrogens is 2. The summed E-state index contributed by atoms with van der Waals surface area (Å²) in [5, 5.41) is 0. The van der Waals surface area contributed by atoms with Gasteiger partial charge >= 0.3 is 0 Å². The van der Waals surface area contributed by atoms with Gasteiger partial charge in [-0.15, -0.1) is 0 Å². The summed E-state index contributed by atoms with van der Waals surface area (Å²) >= 11 is 0. The second-order valence-electron chi connectivity index (χ2n) is 6.66. The topological polar surface area (TPSA) is 52.6 Å². The summed E-state index contributed by atoms with van der Waals surface area (Å²) in [4.78, 5) is 27.7. The number of hydrogen-bond acceptors (Lipinski definition) is 5. The van der Waals surface area contributed by atoms with Crippen molar-refractivity contribution >= 4 is 5.91 Å². The number of amides is 1. The first-order chi connectivity index (χ1) is 11.2. The molecule has 1 saturated carbocycles. The molecule has 1 aliphatic carbocycles. The summed E-state index contributed by atoms with van der Waals surface area (Å²) in [5.74, 6) is 1.12. The summed E-state index contributed by atoms with van der Waals surface area (Å²) < 4.78 is 0. The molecule has 0 radical (unpaired) electrons. The van der Waals surface area contributed by atoms with E-state index in [0.717, 1.165) is 38.4 Å². The van der Waals surface area contributed by atoms with Gasteiger partial charge in [-0.05, 0) is 38.9 Å². The molecule has 1 atom stereocenters. The number of rotatable bonds is 7. The van der Waals surface area contributed by atoms with E-state index in [1.54, 1.807) is 12.4 Å². The van der Waals surface area contributed by atoms with Crippen LogP contribution in [0.2, 0.25) is 0 Å². The molecule has 0 aromatic carbocycles. The molecule has 0 bridgehead atoms. The summed E-state index contributed by atoms with van der Waals surface area (Å²) in [5.41, 5.74) is 0. The predicted molar refractivity (Wildman–Crippen MR) is 88.8 cm³/mol. The van der Waals surface area contributed by atoms with Crippen LogP contribution in [0.4, 0.5) is 0 Å². The lowest BCUT2D eigenvalue weighted by molar-refractivity contribution is -0.131. The smallest absolute Gasteiger partial charge is 0.236 e. The molecule has 0 N–H and O–H groups in total. The molecule has 23 heavy (non-hydrogen) atoms. The molecule has 2 aliphatic rings. The van der Waals surface area contributed by atoms with Gasteiger partial charge in [0, 0.05) is 37.6 Å². The number of likely N-dealkylation sites (N-methyl/N-ethyl adjacent to an activating group) is 2. The highest BCUT2D eigenvalue weighted by molar-refractivity contribution is 5.78. The third-order valence-electron chi connectivity index (χ3n) is 4.96. The highest BCUT2D eigenvalue weighted by Crippen LogP contribution is 2.26. The van der Waals surface area contributed by atoms with Crippen LogP contribution in [0.3, 0.4) is 0 Å². The fraction of sp³-hybridized carbons (Fsp3) is 0.706. The van der Waals surface area contributed by atoms with E-state index in [4.69, 9.17) is 0 Å². The van der Waals surface area contributed by atoms with Crippen LogP contribution in [-0.2, 0) is 11.3 Å². The average molecular weight is 317 g/mol. The molecule has 6 heteroatoms. The molecule has 2 fully saturated rings. The van der Waals surface area contributed by atoms with Crippen LogP contribution < -0.4 is 0 Å². The van der Waals surface area contributed by atoms with E-state index in [0.29, 0.717) is 18.6 Å². The van der Waals surface area contributed by atoms with Crippen molar-refractivity contribution in [1.29, 1.82) is 0 Å². The minimum atomic E-state index is 0.283. The van der Waals surface area contributed by atoms with Crippen molar-refractivity contribution in [2.45, 2.75) is 44.8 Å². The van der Waals surface area contributed by atoms with Gasteiger partial charge in [0.05, 0.1) is 13.1 Å². The normalized spacial score (nSPS) is 21.4. The minimum absolute atomic E-state index is 0.283. The van der Waals surface area contributed by atoms with E-state index >= 15 is 0 Å². The molecular formula is C17H27N5O. The van der Waals surface area contributed by atoms with Crippen LogP contribution >= 0.6 is 0 Å². The Morgan fingerprint density at radius 2 is 2.00 bits per heavy atom. The zero-order valence-electron chi connectivity index (χ0n) is 14.2. The van der Waals surface area contributed by atoms with Gasteiger partial charge in [-0.1, -0.05) is 6.92 Å². The van der Waals surface area contributed by atoms with E-state index in [-0.39, 0.29) is 5.91 Å². The molecule has 1 unspecified atom stereocenters. The van der Waals surface area contributed by atoms with E-state index in [1.165, 1.54) is 12.8 Å². The Bertz CT molecular complexity index is 519. The number of nitrogens with zero attached hydrogens (tertiary/aromatic N) is 5. The van der Waals surface area contributed by atoms with Gasteiger partial charge in [-0.2, -0.15) is 0 Å². The maximum Gasteiger partial charge on any atom is 0.236 e. The number of hydrogen-bond donors (Lipinski definition) is 0. The Labute approximate surface area is 138 Å². The number of carbonyl (C=O) groups excluding carboxylic acids is 1. The molecule has 1 aromatic rings. The third kappa shape index (κ3) is 4.26. The van der Waals surface area contributed by atoms with Crippen molar-refractivity contribution in [3.63, 3.8) is 0 Å². The summed E-state index contributed by atoms with van der Waals surface area (Å²) in [6.07, 6.45) is 7.09. The fourth-order valence-electron chi connectivity index (χ4n) is 3.30. The molecule has 3 rings (SSSR count). The summed E-state index contributed by atoms with van der Waals surface area (Å²) in [6, 6.07) is 2.89. The van der Waals surface area contributed by atoms with Crippen molar-refractivity contribution < 1.29 is 4.79 Å². The highest BCUT2D eigenvalue weighted by atomic mass is 16.2. The molecule has 1 aromatic heterocycles. The van der Waals surface area contributed by atoms with Gasteiger partial charge in [0.2, 0.25) is 5.91 Å². The molecule has 126 valence electrons. The van der Waals surface area contributed by atoms with Crippen molar-refractivity contribution in [2.75, 3.05) is 33.2 Å². The lowest BCUT2D eigenvalue weighted by Crippen LogP contribution is -2.42. The van der Waals surface area contributed by atoms with E-state index < -0.39 is 0 Å². The SMILES string of the molecule is CCN(CC(=O)N1CCC(N(C)Cc2ncccn2)C1)C1CC1. The van der Waals surface area contributed by atoms with Crippen LogP contribution in [0.5, 0.6) is 0 Å². The Morgan fingerprint density at radius 1 is 1.26 bits per heavy atom. The number of carbonyl (C=O) groups is 1. The molecule has 2 heterocycles. The summed E-state index contributed by atoms with van der Waals surface area (Å²) in [7, 11) is 2.09. The standard InChI is InChI=1S/C17H27N5O/c1-3-21(14-5-6-14)13-17(23)22-10-7-15(11-22)20(2)12-16-18-8-4-9-19-16/h4,8-9,14-15H,3,5-7,10-13H2,1-2H3. The quantitative estimate of drug-likeness (QED) is 0.751. The van der Waals surface area contributed by atoms with Crippen LogP contribution in [0, 0.1) is 0 Å². The Morgan fingerprint density at radius 3 is 2.65 bits per heavy atom. The van der Waals surface area contributed by atoms with Crippen molar-refractivity contribution in [3.05, 3.63) is 24.3 Å². The zero-order chi connectivity index (χ0) is 16.2. The number of likely N-dealkylation sites (tertiary alicyclic amines) is 1. The minimum Gasteiger partial charge on any atom is -0.340 e. The molecule has 1 amide bonds. The van der Waals surface area contributed by atoms with Crippen LogP contribution in [0.1, 0.15) is 32.0 Å². The lowest BCUT2D eigenvalue weighted by Gasteiger charge is -2.26. The highest BCUT2D eigenvalue weighted by Gasteiger charge is 2.33. The lowest BCUT2D eigenvalue weighted by atomic mass is 10.2. The molecular weight excluding hydrogens is 290 g/mol. The van der Waals surface area contributed by atoms with E-state index in [9.17, 15) is 4.79 Å². The Hall–Kier alpha value is -1.53. The molecule has 1 saturated heterocycles. The fourth-order valence-corrected chi connectivity index (χ4v) is 3.30. The Balaban J connectivity index is 1.48. The van der Waals surface area contributed by atoms with Gasteiger partial charge in [-0.25, -0.2) is 9.97 Å². The largest absolute Gasteiger partial charge is 0.340 e. The monoisotopic (exact) mass is 317 g/mol. The van der Waals surface area contributed by atoms with Gasteiger partial charge < -0.3 is 4.90 Å². The first-order valence-corrected chi connectivity index (χ1v) is 8.65. The molecule has 0 spiro atoms. The van der Waals surface area contributed by atoms with Gasteiger partial charge in [-0.3, -0.25) is 14.6 Å². The maximum absolute atomic E-state index is 12.5. The first-order valence-electron chi connectivity index (χ1n) is 8.65. The Kier molecular flexibility index (Phi) is 5.23. The van der Waals surface area contributed by atoms with E-state index in [1.807, 2.05) is 11.0 Å². The first kappa shape index (κ1) is 16.3. The zero-order valence-corrected chi connectivity index (χ0v) is 14.2. The van der Waals surface area contributed by atoms with E-state index in [2.05, 4.69) is 33.7 Å². The summed E-state index contributed by atoms with van der Waals surface area (Å²) in [6.45, 7) is 6.12.